The highest BCUT2D eigenvalue weighted by Gasteiger charge is 2.31. The summed E-state index contributed by atoms with van der Waals surface area (Å²) in [4.78, 5) is 12.3. The first-order valence-electron chi connectivity index (χ1n) is 6.76. The second-order valence-corrected chi connectivity index (χ2v) is 5.32. The zero-order valence-corrected chi connectivity index (χ0v) is 12.1. The van der Waals surface area contributed by atoms with E-state index in [1.807, 2.05) is 13.8 Å². The van der Waals surface area contributed by atoms with E-state index in [2.05, 4.69) is 5.32 Å². The monoisotopic (exact) mass is 272 g/mol. The molecule has 0 aromatic carbocycles. The van der Waals surface area contributed by atoms with Gasteiger partial charge in [0.2, 0.25) is 5.91 Å². The molecule has 1 atom stereocenters. The number of amides is 1. The number of hydrogen-bond donors (Lipinski definition) is 2. The molecule has 1 aliphatic rings. The van der Waals surface area contributed by atoms with Gasteiger partial charge in [-0.05, 0) is 32.1 Å². The van der Waals surface area contributed by atoms with Crippen LogP contribution in [-0.2, 0) is 9.53 Å². The number of carbonyl (C=O) groups is 1. The van der Waals surface area contributed by atoms with E-state index in [0.29, 0.717) is 11.4 Å². The molecule has 3 N–H and O–H groups in total. The van der Waals surface area contributed by atoms with E-state index in [9.17, 15) is 4.79 Å². The lowest BCUT2D eigenvalue weighted by atomic mass is 9.92. The van der Waals surface area contributed by atoms with Gasteiger partial charge in [0.15, 0.2) is 0 Å². The predicted octanol–water partition coefficient (Wildman–Crippen LogP) is 1.91. The number of nitrogens with two attached hydrogens (primary N) is 1. The molecule has 1 unspecified atom stereocenters. The molecule has 1 rings (SSSR count). The van der Waals surface area contributed by atoms with Crippen LogP contribution in [0.15, 0.2) is 0 Å². The standard InChI is InChI=1S/C13H24N2O2S/c1-3-13(4-2,12(14)18)15-11(16)8-7-10-6-5-9-17-10/h10H,3-9H2,1-2H3,(H2,14,18)(H,15,16). The van der Waals surface area contributed by atoms with Crippen LogP contribution in [0.2, 0.25) is 0 Å². The first-order valence-corrected chi connectivity index (χ1v) is 7.17. The van der Waals surface area contributed by atoms with E-state index in [-0.39, 0.29) is 12.0 Å². The number of ether oxygens (including phenoxy) is 1. The van der Waals surface area contributed by atoms with Gasteiger partial charge in [0, 0.05) is 13.0 Å². The molecular weight excluding hydrogens is 248 g/mol. The van der Waals surface area contributed by atoms with Gasteiger partial charge in [0.05, 0.1) is 16.6 Å². The maximum Gasteiger partial charge on any atom is 0.220 e. The van der Waals surface area contributed by atoms with Crippen molar-refractivity contribution in [1.29, 1.82) is 0 Å². The van der Waals surface area contributed by atoms with Crippen molar-refractivity contribution < 1.29 is 9.53 Å². The van der Waals surface area contributed by atoms with Gasteiger partial charge in [-0.15, -0.1) is 0 Å². The highest BCUT2D eigenvalue weighted by Crippen LogP contribution is 2.19. The molecule has 104 valence electrons. The third-order valence-electron chi connectivity index (χ3n) is 3.77. The van der Waals surface area contributed by atoms with Gasteiger partial charge in [-0.25, -0.2) is 0 Å². The van der Waals surface area contributed by atoms with E-state index < -0.39 is 5.54 Å². The molecular formula is C13H24N2O2S. The fourth-order valence-corrected chi connectivity index (χ4v) is 2.67. The van der Waals surface area contributed by atoms with Crippen molar-refractivity contribution in [1.82, 2.24) is 5.32 Å². The van der Waals surface area contributed by atoms with Gasteiger partial charge < -0.3 is 15.8 Å². The number of carbonyl (C=O) groups excluding carboxylic acids is 1. The van der Waals surface area contributed by atoms with Crippen LogP contribution in [0.4, 0.5) is 0 Å². The highest BCUT2D eigenvalue weighted by molar-refractivity contribution is 7.80. The predicted molar refractivity (Wildman–Crippen MR) is 76.4 cm³/mol. The molecule has 4 nitrogen and oxygen atoms in total. The summed E-state index contributed by atoms with van der Waals surface area (Å²) in [5.41, 5.74) is 5.23. The van der Waals surface area contributed by atoms with Gasteiger partial charge in [0.1, 0.15) is 0 Å². The molecule has 1 fully saturated rings. The maximum absolute atomic E-state index is 12.0. The van der Waals surface area contributed by atoms with Crippen LogP contribution in [0.3, 0.4) is 0 Å². The van der Waals surface area contributed by atoms with Crippen molar-refractivity contribution in [2.45, 2.75) is 64.0 Å². The number of hydrogen-bond acceptors (Lipinski definition) is 3. The summed E-state index contributed by atoms with van der Waals surface area (Å²) in [5, 5.41) is 2.99. The lowest BCUT2D eigenvalue weighted by Gasteiger charge is -2.31. The fraction of sp³-hybridized carbons (Fsp3) is 0.846. The Bertz CT molecular complexity index is 297. The zero-order valence-electron chi connectivity index (χ0n) is 11.3. The summed E-state index contributed by atoms with van der Waals surface area (Å²) >= 11 is 5.08. The van der Waals surface area contributed by atoms with Gasteiger partial charge >= 0.3 is 0 Å². The molecule has 0 saturated carbocycles. The second-order valence-electron chi connectivity index (χ2n) is 4.88. The quantitative estimate of drug-likeness (QED) is 0.695. The van der Waals surface area contributed by atoms with Crippen LogP contribution < -0.4 is 11.1 Å². The van der Waals surface area contributed by atoms with Crippen LogP contribution in [0.5, 0.6) is 0 Å². The average molecular weight is 272 g/mol. The first-order chi connectivity index (χ1) is 8.54. The van der Waals surface area contributed by atoms with Gasteiger partial charge in [-0.1, -0.05) is 26.1 Å². The Labute approximate surface area is 115 Å². The molecule has 1 saturated heterocycles. The lowest BCUT2D eigenvalue weighted by Crippen LogP contribution is -2.56. The van der Waals surface area contributed by atoms with E-state index in [0.717, 1.165) is 38.7 Å². The Morgan fingerprint density at radius 1 is 1.50 bits per heavy atom. The summed E-state index contributed by atoms with van der Waals surface area (Å²) in [7, 11) is 0. The molecule has 5 heteroatoms. The normalized spacial score (nSPS) is 19.8. The molecule has 1 amide bonds. The van der Waals surface area contributed by atoms with E-state index in [1.165, 1.54) is 0 Å². The van der Waals surface area contributed by atoms with Crippen molar-refractivity contribution in [2.24, 2.45) is 5.73 Å². The van der Waals surface area contributed by atoms with Crippen LogP contribution in [0.25, 0.3) is 0 Å². The molecule has 0 aromatic rings. The van der Waals surface area contributed by atoms with E-state index in [1.54, 1.807) is 0 Å². The van der Waals surface area contributed by atoms with Gasteiger partial charge in [-0.2, -0.15) is 0 Å². The molecule has 0 aromatic heterocycles. The highest BCUT2D eigenvalue weighted by atomic mass is 32.1. The second kappa shape index (κ2) is 7.04. The molecule has 0 spiro atoms. The van der Waals surface area contributed by atoms with Crippen LogP contribution in [0.1, 0.15) is 52.4 Å². The minimum absolute atomic E-state index is 0.0157. The Balaban J connectivity index is 2.43. The number of thiocarbonyl (C=S) groups is 1. The number of nitrogens with one attached hydrogen (secondary N) is 1. The largest absolute Gasteiger partial charge is 0.391 e. The molecule has 0 aliphatic carbocycles. The summed E-state index contributed by atoms with van der Waals surface area (Å²) in [6.45, 7) is 4.80. The topological polar surface area (TPSA) is 64.3 Å². The first kappa shape index (κ1) is 15.4. The molecule has 0 radical (unpaired) electrons. The Kier molecular flexibility index (Phi) is 6.02. The lowest BCUT2D eigenvalue weighted by molar-refractivity contribution is -0.123. The summed E-state index contributed by atoms with van der Waals surface area (Å²) in [6.07, 6.45) is 5.14. The summed E-state index contributed by atoms with van der Waals surface area (Å²) in [6, 6.07) is 0. The molecule has 0 bridgehead atoms. The molecule has 1 aliphatic heterocycles. The van der Waals surface area contributed by atoms with Crippen LogP contribution >= 0.6 is 12.2 Å². The SMILES string of the molecule is CCC(CC)(NC(=O)CCC1CCCO1)C(N)=S. The fourth-order valence-electron chi connectivity index (χ4n) is 2.33. The molecule has 18 heavy (non-hydrogen) atoms. The van der Waals surface area contributed by atoms with Crippen molar-refractivity contribution >= 4 is 23.1 Å². The Morgan fingerprint density at radius 2 is 2.17 bits per heavy atom. The minimum Gasteiger partial charge on any atom is -0.391 e. The van der Waals surface area contributed by atoms with E-state index in [4.69, 9.17) is 22.7 Å². The van der Waals surface area contributed by atoms with Gasteiger partial charge in [-0.3, -0.25) is 4.79 Å². The zero-order chi connectivity index (χ0) is 13.6. The van der Waals surface area contributed by atoms with Crippen molar-refractivity contribution in [2.75, 3.05) is 6.61 Å². The van der Waals surface area contributed by atoms with Crippen LogP contribution in [0, 0.1) is 0 Å². The van der Waals surface area contributed by atoms with Crippen LogP contribution in [-0.4, -0.2) is 29.1 Å². The number of rotatable bonds is 7. The Hall–Kier alpha value is -0.680. The maximum atomic E-state index is 12.0. The van der Waals surface area contributed by atoms with Gasteiger partial charge in [0.25, 0.3) is 0 Å². The summed E-state index contributed by atoms with van der Waals surface area (Å²) in [5.74, 6) is 0.0157. The average Bonchev–Trinajstić information content (AvgIpc) is 2.86. The summed E-state index contributed by atoms with van der Waals surface area (Å²) < 4.78 is 5.50. The van der Waals surface area contributed by atoms with Crippen molar-refractivity contribution in [3.05, 3.63) is 0 Å². The smallest absolute Gasteiger partial charge is 0.220 e. The minimum atomic E-state index is -0.525. The third kappa shape index (κ3) is 3.92. The van der Waals surface area contributed by atoms with Crippen molar-refractivity contribution in [3.8, 4) is 0 Å². The molecule has 1 heterocycles. The Morgan fingerprint density at radius 3 is 2.61 bits per heavy atom. The van der Waals surface area contributed by atoms with E-state index >= 15 is 0 Å². The van der Waals surface area contributed by atoms with Crippen molar-refractivity contribution in [3.63, 3.8) is 0 Å². The third-order valence-corrected chi connectivity index (χ3v) is 4.17.